The van der Waals surface area contributed by atoms with Crippen LogP contribution in [0, 0.1) is 12.8 Å². The topological polar surface area (TPSA) is 90.7 Å². The minimum atomic E-state index is -0.460. The molecule has 152 valence electrons. The van der Waals surface area contributed by atoms with Crippen LogP contribution in [0.3, 0.4) is 0 Å². The van der Waals surface area contributed by atoms with Gasteiger partial charge in [0, 0.05) is 26.1 Å². The zero-order chi connectivity index (χ0) is 19.7. The van der Waals surface area contributed by atoms with E-state index in [9.17, 15) is 9.59 Å². The summed E-state index contributed by atoms with van der Waals surface area (Å²) in [6, 6.07) is 1.69. The first-order chi connectivity index (χ1) is 13.6. The van der Waals surface area contributed by atoms with Crippen molar-refractivity contribution in [3.05, 3.63) is 28.6 Å². The first-order valence-corrected chi connectivity index (χ1v) is 10.0. The normalized spacial score (nSPS) is 23.9. The predicted octanol–water partition coefficient (Wildman–Crippen LogP) is 2.77. The predicted molar refractivity (Wildman–Crippen MR) is 101 cm³/mol. The molecule has 0 unspecified atom stereocenters. The summed E-state index contributed by atoms with van der Waals surface area (Å²) in [6.07, 6.45) is 6.95. The third-order valence-corrected chi connectivity index (χ3v) is 6.14. The van der Waals surface area contributed by atoms with Crippen LogP contribution >= 0.6 is 0 Å². The fourth-order valence-electron chi connectivity index (χ4n) is 4.37. The van der Waals surface area contributed by atoms with Gasteiger partial charge in [-0.3, -0.25) is 4.79 Å². The van der Waals surface area contributed by atoms with Gasteiger partial charge in [-0.1, -0.05) is 0 Å². The third kappa shape index (κ3) is 3.65. The maximum Gasteiger partial charge on any atom is 0.437 e. The molecule has 2 aliphatic rings. The van der Waals surface area contributed by atoms with E-state index in [2.05, 4.69) is 5.10 Å². The SMILES string of the molecule is COC1CCC(C(=O)N2CCC(n3nc(-c4ccoc4C)oc3=O)CC2)CC1. The molecule has 4 rings (SSSR count). The van der Waals surface area contributed by atoms with Gasteiger partial charge in [0.05, 0.1) is 24.0 Å². The Morgan fingerprint density at radius 1 is 1.18 bits per heavy atom. The molecule has 2 fully saturated rings. The maximum atomic E-state index is 12.8. The number of rotatable bonds is 4. The second-order valence-corrected chi connectivity index (χ2v) is 7.77. The summed E-state index contributed by atoms with van der Waals surface area (Å²) in [6.45, 7) is 3.10. The second kappa shape index (κ2) is 7.95. The fraction of sp³-hybridized carbons (Fsp3) is 0.650. The number of amides is 1. The van der Waals surface area contributed by atoms with Crippen LogP contribution in [0.4, 0.5) is 0 Å². The van der Waals surface area contributed by atoms with E-state index in [0.29, 0.717) is 43.4 Å². The van der Waals surface area contributed by atoms with Gasteiger partial charge >= 0.3 is 5.76 Å². The Bertz CT molecular complexity index is 867. The third-order valence-electron chi connectivity index (χ3n) is 6.14. The zero-order valence-corrected chi connectivity index (χ0v) is 16.4. The molecule has 1 aliphatic heterocycles. The molecule has 2 aromatic rings. The molecular weight excluding hydrogens is 362 g/mol. The Hall–Kier alpha value is -2.35. The number of furan rings is 1. The Morgan fingerprint density at radius 3 is 2.50 bits per heavy atom. The van der Waals surface area contributed by atoms with Gasteiger partial charge in [0.1, 0.15) is 5.76 Å². The molecule has 0 radical (unpaired) electrons. The van der Waals surface area contributed by atoms with Crippen LogP contribution in [0.25, 0.3) is 11.5 Å². The molecule has 0 spiro atoms. The lowest BCUT2D eigenvalue weighted by molar-refractivity contribution is -0.138. The molecule has 8 heteroatoms. The quantitative estimate of drug-likeness (QED) is 0.799. The molecule has 0 atom stereocenters. The molecule has 1 saturated carbocycles. The van der Waals surface area contributed by atoms with Crippen LogP contribution in [0.5, 0.6) is 0 Å². The van der Waals surface area contributed by atoms with E-state index in [4.69, 9.17) is 13.6 Å². The molecule has 0 aromatic carbocycles. The molecule has 0 N–H and O–H groups in total. The zero-order valence-electron chi connectivity index (χ0n) is 16.4. The lowest BCUT2D eigenvalue weighted by atomic mass is 9.86. The van der Waals surface area contributed by atoms with Crippen LogP contribution in [0.15, 0.2) is 26.0 Å². The molecule has 3 heterocycles. The van der Waals surface area contributed by atoms with E-state index in [1.54, 1.807) is 26.4 Å². The van der Waals surface area contributed by atoms with Crippen molar-refractivity contribution in [1.29, 1.82) is 0 Å². The first-order valence-electron chi connectivity index (χ1n) is 10.0. The summed E-state index contributed by atoms with van der Waals surface area (Å²) < 4.78 is 17.4. The van der Waals surface area contributed by atoms with Crippen LogP contribution in [0.1, 0.15) is 50.3 Å². The van der Waals surface area contributed by atoms with Crippen molar-refractivity contribution < 1.29 is 18.4 Å². The summed E-state index contributed by atoms with van der Waals surface area (Å²) in [5.41, 5.74) is 0.690. The average Bonchev–Trinajstić information content (AvgIpc) is 3.33. The number of carbonyl (C=O) groups excluding carboxylic acids is 1. The summed E-state index contributed by atoms with van der Waals surface area (Å²) >= 11 is 0. The minimum Gasteiger partial charge on any atom is -0.469 e. The fourth-order valence-corrected chi connectivity index (χ4v) is 4.37. The van der Waals surface area contributed by atoms with Crippen molar-refractivity contribution in [2.24, 2.45) is 5.92 Å². The number of nitrogens with zero attached hydrogens (tertiary/aromatic N) is 3. The number of aromatic nitrogens is 2. The van der Waals surface area contributed by atoms with Gasteiger partial charge in [-0.2, -0.15) is 4.68 Å². The van der Waals surface area contributed by atoms with E-state index in [1.807, 2.05) is 4.90 Å². The van der Waals surface area contributed by atoms with Gasteiger partial charge in [-0.25, -0.2) is 4.79 Å². The van der Waals surface area contributed by atoms with Crippen molar-refractivity contribution in [2.75, 3.05) is 20.2 Å². The first kappa shape index (κ1) is 19.0. The highest BCUT2D eigenvalue weighted by Gasteiger charge is 2.32. The smallest absolute Gasteiger partial charge is 0.437 e. The summed E-state index contributed by atoms with van der Waals surface area (Å²) in [5.74, 6) is 0.837. The number of aryl methyl sites for hydroxylation is 1. The molecular formula is C20H27N3O5. The van der Waals surface area contributed by atoms with E-state index in [1.165, 1.54) is 4.68 Å². The number of likely N-dealkylation sites (tertiary alicyclic amines) is 1. The van der Waals surface area contributed by atoms with Crippen molar-refractivity contribution in [3.63, 3.8) is 0 Å². The van der Waals surface area contributed by atoms with E-state index in [-0.39, 0.29) is 23.8 Å². The van der Waals surface area contributed by atoms with Crippen LogP contribution in [0.2, 0.25) is 0 Å². The maximum absolute atomic E-state index is 12.8. The number of ether oxygens (including phenoxy) is 1. The highest BCUT2D eigenvalue weighted by molar-refractivity contribution is 5.79. The van der Waals surface area contributed by atoms with Gasteiger partial charge in [-0.05, 0) is 51.5 Å². The van der Waals surface area contributed by atoms with Gasteiger partial charge < -0.3 is 18.5 Å². The van der Waals surface area contributed by atoms with Gasteiger partial charge in [0.25, 0.3) is 5.89 Å². The Kier molecular flexibility index (Phi) is 5.39. The van der Waals surface area contributed by atoms with Crippen molar-refractivity contribution >= 4 is 5.91 Å². The molecule has 1 aliphatic carbocycles. The summed E-state index contributed by atoms with van der Waals surface area (Å²) in [4.78, 5) is 27.1. The van der Waals surface area contributed by atoms with Crippen LogP contribution in [-0.4, -0.2) is 46.9 Å². The highest BCUT2D eigenvalue weighted by atomic mass is 16.5. The Balaban J connectivity index is 1.37. The number of hydrogen-bond acceptors (Lipinski definition) is 6. The molecule has 0 bridgehead atoms. The highest BCUT2D eigenvalue weighted by Crippen LogP contribution is 2.30. The largest absolute Gasteiger partial charge is 0.469 e. The van der Waals surface area contributed by atoms with E-state index in [0.717, 1.165) is 25.7 Å². The number of hydrogen-bond donors (Lipinski definition) is 0. The van der Waals surface area contributed by atoms with Crippen LogP contribution < -0.4 is 5.76 Å². The number of carbonyl (C=O) groups is 1. The summed E-state index contributed by atoms with van der Waals surface area (Å²) in [7, 11) is 1.74. The molecule has 28 heavy (non-hydrogen) atoms. The second-order valence-electron chi connectivity index (χ2n) is 7.77. The molecule has 1 saturated heterocycles. The van der Waals surface area contributed by atoms with Gasteiger partial charge in [-0.15, -0.1) is 5.10 Å². The van der Waals surface area contributed by atoms with Gasteiger partial charge in [0.15, 0.2) is 0 Å². The Labute approximate surface area is 163 Å². The lowest BCUT2D eigenvalue weighted by Crippen LogP contribution is -2.44. The average molecular weight is 389 g/mol. The molecule has 1 amide bonds. The monoisotopic (exact) mass is 389 g/mol. The lowest BCUT2D eigenvalue weighted by Gasteiger charge is -2.35. The van der Waals surface area contributed by atoms with Crippen molar-refractivity contribution in [3.8, 4) is 11.5 Å². The van der Waals surface area contributed by atoms with E-state index < -0.39 is 5.76 Å². The number of methoxy groups -OCH3 is 1. The minimum absolute atomic E-state index is 0.0505. The molecule has 2 aromatic heterocycles. The molecule has 8 nitrogen and oxygen atoms in total. The van der Waals surface area contributed by atoms with Crippen molar-refractivity contribution in [2.45, 2.75) is 57.6 Å². The van der Waals surface area contributed by atoms with E-state index >= 15 is 0 Å². The standard InChI is InChI=1S/C20H27N3O5/c1-13-17(9-12-27-13)18-21-23(20(25)28-18)15-7-10-22(11-8-15)19(24)14-3-5-16(26-2)6-4-14/h9,12,14-16H,3-8,10-11H2,1-2H3. The Morgan fingerprint density at radius 2 is 1.89 bits per heavy atom. The summed E-state index contributed by atoms with van der Waals surface area (Å²) in [5, 5.41) is 4.37. The van der Waals surface area contributed by atoms with Crippen molar-refractivity contribution in [1.82, 2.24) is 14.7 Å². The number of piperidine rings is 1. The van der Waals surface area contributed by atoms with Crippen LogP contribution in [-0.2, 0) is 9.53 Å². The van der Waals surface area contributed by atoms with Gasteiger partial charge in [0.2, 0.25) is 5.91 Å².